The topological polar surface area (TPSA) is 68.5 Å². The third-order valence-electron chi connectivity index (χ3n) is 3.38. The number of carbonyl (C=O) groups is 1. The summed E-state index contributed by atoms with van der Waals surface area (Å²) in [6, 6.07) is 2.06. The number of rotatable bonds is 1. The van der Waals surface area contributed by atoms with Gasteiger partial charge in [-0.1, -0.05) is 6.08 Å². The van der Waals surface area contributed by atoms with Crippen LogP contribution in [0.5, 0.6) is 0 Å². The van der Waals surface area contributed by atoms with Crippen LogP contribution < -0.4 is 5.73 Å². The molecule has 0 saturated heterocycles. The van der Waals surface area contributed by atoms with E-state index >= 15 is 0 Å². The lowest BCUT2D eigenvalue weighted by Gasteiger charge is -2.29. The molecule has 1 aromatic heterocycles. The summed E-state index contributed by atoms with van der Waals surface area (Å²) in [5.74, 6) is 0. The third kappa shape index (κ3) is 4.39. The number of anilines is 1. The monoisotopic (exact) mass is 343 g/mol. The number of aromatic nitrogens is 1. The number of amides is 1. The standard InChI is InChI=1S/C16H20F3N3O2/c1-15(2,3)24-14(23)22-8-6-10(7-9-22)13-11(20)4-5-12(21-13)16(17,18)19/h4-6H,7-9,20H2,1-3H3. The van der Waals surface area contributed by atoms with Crippen LogP contribution in [0, 0.1) is 0 Å². The molecule has 0 aromatic carbocycles. The zero-order chi connectivity index (χ0) is 18.1. The van der Waals surface area contributed by atoms with Crippen LogP contribution >= 0.6 is 0 Å². The van der Waals surface area contributed by atoms with E-state index in [0.717, 1.165) is 6.07 Å². The molecule has 2 N–H and O–H groups in total. The minimum atomic E-state index is -4.53. The molecule has 0 atom stereocenters. The molecule has 0 aliphatic carbocycles. The van der Waals surface area contributed by atoms with Crippen LogP contribution in [0.4, 0.5) is 23.7 Å². The number of nitrogen functional groups attached to an aromatic ring is 1. The van der Waals surface area contributed by atoms with Gasteiger partial charge in [0.2, 0.25) is 0 Å². The van der Waals surface area contributed by atoms with E-state index in [1.807, 2.05) is 0 Å². The summed E-state index contributed by atoms with van der Waals surface area (Å²) in [4.78, 5) is 17.1. The molecule has 0 unspecified atom stereocenters. The van der Waals surface area contributed by atoms with Crippen molar-refractivity contribution < 1.29 is 22.7 Å². The van der Waals surface area contributed by atoms with Crippen molar-refractivity contribution in [2.45, 2.75) is 39.0 Å². The van der Waals surface area contributed by atoms with Gasteiger partial charge in [0.15, 0.2) is 0 Å². The van der Waals surface area contributed by atoms with E-state index in [-0.39, 0.29) is 17.9 Å². The van der Waals surface area contributed by atoms with Crippen LogP contribution in [0.15, 0.2) is 18.2 Å². The highest BCUT2D eigenvalue weighted by Gasteiger charge is 2.33. The van der Waals surface area contributed by atoms with Gasteiger partial charge in [-0.15, -0.1) is 0 Å². The summed E-state index contributed by atoms with van der Waals surface area (Å²) in [6.07, 6.45) is -2.97. The molecular formula is C16H20F3N3O2. The average molecular weight is 343 g/mol. The van der Waals surface area contributed by atoms with Gasteiger partial charge in [0, 0.05) is 13.1 Å². The average Bonchev–Trinajstić information content (AvgIpc) is 2.45. The first-order valence-electron chi connectivity index (χ1n) is 7.48. The lowest BCUT2D eigenvalue weighted by atomic mass is 10.0. The molecule has 0 spiro atoms. The highest BCUT2D eigenvalue weighted by Crippen LogP contribution is 2.32. The van der Waals surface area contributed by atoms with Gasteiger partial charge in [-0.2, -0.15) is 13.2 Å². The zero-order valence-corrected chi connectivity index (χ0v) is 13.8. The van der Waals surface area contributed by atoms with E-state index in [1.54, 1.807) is 26.8 Å². The first-order valence-corrected chi connectivity index (χ1v) is 7.48. The van der Waals surface area contributed by atoms with Crippen molar-refractivity contribution in [3.63, 3.8) is 0 Å². The summed E-state index contributed by atoms with van der Waals surface area (Å²) in [6.45, 7) is 5.87. The normalized spacial score (nSPS) is 15.9. The number of ether oxygens (including phenoxy) is 1. The molecule has 2 heterocycles. The first kappa shape index (κ1) is 18.1. The maximum atomic E-state index is 12.8. The maximum Gasteiger partial charge on any atom is 0.433 e. The number of halogens is 3. The molecule has 2 rings (SSSR count). The minimum absolute atomic E-state index is 0.119. The lowest BCUT2D eigenvalue weighted by Crippen LogP contribution is -2.39. The van der Waals surface area contributed by atoms with Gasteiger partial charge in [0.05, 0.1) is 11.4 Å². The van der Waals surface area contributed by atoms with Crippen molar-refractivity contribution >= 4 is 17.4 Å². The summed E-state index contributed by atoms with van der Waals surface area (Å²) < 4.78 is 43.7. The summed E-state index contributed by atoms with van der Waals surface area (Å²) in [7, 11) is 0. The van der Waals surface area contributed by atoms with E-state index in [9.17, 15) is 18.0 Å². The molecule has 1 aliphatic heterocycles. The number of pyridine rings is 1. The minimum Gasteiger partial charge on any atom is -0.444 e. The second-order valence-electron chi connectivity index (χ2n) is 6.54. The molecule has 1 aromatic rings. The molecule has 0 saturated carbocycles. The Hall–Kier alpha value is -2.25. The SMILES string of the molecule is CC(C)(C)OC(=O)N1CC=C(c2nc(C(F)(F)F)ccc2N)CC1. The second-order valence-corrected chi connectivity index (χ2v) is 6.54. The van der Waals surface area contributed by atoms with Crippen molar-refractivity contribution in [2.24, 2.45) is 0 Å². The number of nitrogens with two attached hydrogens (primary N) is 1. The van der Waals surface area contributed by atoms with Gasteiger partial charge in [0.1, 0.15) is 11.3 Å². The second kappa shape index (κ2) is 6.33. The first-order chi connectivity index (χ1) is 11.0. The molecule has 8 heteroatoms. The number of hydrogen-bond donors (Lipinski definition) is 1. The Morgan fingerprint density at radius 1 is 1.29 bits per heavy atom. The van der Waals surface area contributed by atoms with E-state index < -0.39 is 23.6 Å². The van der Waals surface area contributed by atoms with E-state index in [4.69, 9.17) is 10.5 Å². The van der Waals surface area contributed by atoms with Crippen molar-refractivity contribution in [1.82, 2.24) is 9.88 Å². The summed E-state index contributed by atoms with van der Waals surface area (Å²) in [5.41, 5.74) is 5.07. The Balaban J connectivity index is 2.17. The number of carbonyl (C=O) groups excluding carboxylic acids is 1. The van der Waals surface area contributed by atoms with Gasteiger partial charge in [-0.25, -0.2) is 9.78 Å². The predicted molar refractivity (Wildman–Crippen MR) is 84.1 cm³/mol. The third-order valence-corrected chi connectivity index (χ3v) is 3.38. The maximum absolute atomic E-state index is 12.8. The summed E-state index contributed by atoms with van der Waals surface area (Å²) in [5, 5.41) is 0. The van der Waals surface area contributed by atoms with Crippen molar-refractivity contribution in [2.75, 3.05) is 18.8 Å². The Bertz CT molecular complexity index is 664. The van der Waals surface area contributed by atoms with Crippen LogP contribution in [-0.4, -0.2) is 34.7 Å². The highest BCUT2D eigenvalue weighted by molar-refractivity contribution is 5.75. The van der Waals surface area contributed by atoms with Crippen molar-refractivity contribution in [3.05, 3.63) is 29.6 Å². The van der Waals surface area contributed by atoms with Gasteiger partial charge < -0.3 is 15.4 Å². The van der Waals surface area contributed by atoms with Crippen molar-refractivity contribution in [3.8, 4) is 0 Å². The Labute approximate surface area is 138 Å². The van der Waals surface area contributed by atoms with Crippen LogP contribution in [0.2, 0.25) is 0 Å². The number of hydrogen-bond acceptors (Lipinski definition) is 4. The predicted octanol–water partition coefficient (Wildman–Crippen LogP) is 3.71. The quantitative estimate of drug-likeness (QED) is 0.844. The molecule has 24 heavy (non-hydrogen) atoms. The van der Waals surface area contributed by atoms with E-state index in [1.165, 1.54) is 11.0 Å². The Morgan fingerprint density at radius 2 is 1.96 bits per heavy atom. The van der Waals surface area contributed by atoms with Gasteiger partial charge in [0.25, 0.3) is 0 Å². The molecule has 0 radical (unpaired) electrons. The summed E-state index contributed by atoms with van der Waals surface area (Å²) >= 11 is 0. The number of nitrogens with zero attached hydrogens (tertiary/aromatic N) is 2. The van der Waals surface area contributed by atoms with E-state index in [2.05, 4.69) is 4.98 Å². The fraction of sp³-hybridized carbons (Fsp3) is 0.500. The van der Waals surface area contributed by atoms with Crippen LogP contribution in [0.25, 0.3) is 5.57 Å². The van der Waals surface area contributed by atoms with Gasteiger partial charge in [-0.05, 0) is 44.9 Å². The van der Waals surface area contributed by atoms with E-state index in [0.29, 0.717) is 18.5 Å². The largest absolute Gasteiger partial charge is 0.444 e. The molecule has 0 bridgehead atoms. The Kier molecular flexibility index (Phi) is 4.77. The molecular weight excluding hydrogens is 323 g/mol. The number of alkyl halides is 3. The molecule has 5 nitrogen and oxygen atoms in total. The Morgan fingerprint density at radius 3 is 2.46 bits per heavy atom. The zero-order valence-electron chi connectivity index (χ0n) is 13.8. The smallest absolute Gasteiger partial charge is 0.433 e. The molecule has 1 amide bonds. The van der Waals surface area contributed by atoms with Gasteiger partial charge >= 0.3 is 12.3 Å². The molecule has 1 aliphatic rings. The van der Waals surface area contributed by atoms with Crippen LogP contribution in [-0.2, 0) is 10.9 Å². The molecule has 0 fully saturated rings. The van der Waals surface area contributed by atoms with Gasteiger partial charge in [-0.3, -0.25) is 0 Å². The van der Waals surface area contributed by atoms with Crippen LogP contribution in [0.3, 0.4) is 0 Å². The van der Waals surface area contributed by atoms with Crippen molar-refractivity contribution in [1.29, 1.82) is 0 Å². The fourth-order valence-electron chi connectivity index (χ4n) is 2.26. The highest BCUT2D eigenvalue weighted by atomic mass is 19.4. The lowest BCUT2D eigenvalue weighted by molar-refractivity contribution is -0.141. The molecule has 132 valence electrons. The fourth-order valence-corrected chi connectivity index (χ4v) is 2.26. The van der Waals surface area contributed by atoms with Crippen LogP contribution in [0.1, 0.15) is 38.6 Å².